The molecule has 0 aliphatic carbocycles. The molecule has 4 nitrogen and oxygen atoms in total. The van der Waals surface area contributed by atoms with Crippen LogP contribution < -0.4 is 10.1 Å². The van der Waals surface area contributed by atoms with Crippen LogP contribution in [0.15, 0.2) is 42.5 Å². The van der Waals surface area contributed by atoms with Crippen molar-refractivity contribution < 1.29 is 9.53 Å². The van der Waals surface area contributed by atoms with Crippen LogP contribution >= 0.6 is 23.4 Å². The predicted molar refractivity (Wildman–Crippen MR) is 97.7 cm³/mol. The molecule has 0 bridgehead atoms. The fourth-order valence-corrected chi connectivity index (χ4v) is 3.16. The lowest BCUT2D eigenvalue weighted by molar-refractivity contribution is 0.0953. The Balaban J connectivity index is 1.81. The maximum absolute atomic E-state index is 12.2. The summed E-state index contributed by atoms with van der Waals surface area (Å²) >= 11 is 7.60. The van der Waals surface area contributed by atoms with E-state index in [2.05, 4.69) is 11.4 Å². The fraction of sp³-hybridized carbons (Fsp3) is 0.222. The standard InChI is InChI=1S/C18H17ClN2O2S/c1-23-17-7-6-15(19)10-16(17)18(22)21-8-9-24-12-14-5-3-2-4-13(14)11-20/h2-7,10H,8-9,12H2,1H3,(H,21,22). The number of benzene rings is 2. The van der Waals surface area contributed by atoms with E-state index in [9.17, 15) is 4.79 Å². The van der Waals surface area contributed by atoms with E-state index in [0.717, 1.165) is 17.1 Å². The van der Waals surface area contributed by atoms with Gasteiger partial charge in [0.25, 0.3) is 5.91 Å². The highest BCUT2D eigenvalue weighted by atomic mass is 35.5. The number of nitrogens with one attached hydrogen (secondary N) is 1. The molecule has 0 aliphatic heterocycles. The molecule has 2 rings (SSSR count). The molecule has 0 fully saturated rings. The molecule has 6 heteroatoms. The molecule has 1 N–H and O–H groups in total. The highest BCUT2D eigenvalue weighted by Gasteiger charge is 2.12. The van der Waals surface area contributed by atoms with E-state index in [1.807, 2.05) is 24.3 Å². The summed E-state index contributed by atoms with van der Waals surface area (Å²) in [6, 6.07) is 14.7. The van der Waals surface area contributed by atoms with Crippen LogP contribution in [0.2, 0.25) is 5.02 Å². The molecule has 0 atom stereocenters. The normalized spacial score (nSPS) is 10.0. The first-order chi connectivity index (χ1) is 11.7. The monoisotopic (exact) mass is 360 g/mol. The van der Waals surface area contributed by atoms with Gasteiger partial charge in [0.15, 0.2) is 0 Å². The number of nitrogens with zero attached hydrogens (tertiary/aromatic N) is 1. The molecular formula is C18H17ClN2O2S. The van der Waals surface area contributed by atoms with Crippen LogP contribution in [0.5, 0.6) is 5.75 Å². The van der Waals surface area contributed by atoms with Crippen LogP contribution in [-0.2, 0) is 5.75 Å². The number of hydrogen-bond acceptors (Lipinski definition) is 4. The minimum Gasteiger partial charge on any atom is -0.496 e. The lowest BCUT2D eigenvalue weighted by atomic mass is 10.1. The van der Waals surface area contributed by atoms with Gasteiger partial charge in [-0.05, 0) is 29.8 Å². The third-order valence-electron chi connectivity index (χ3n) is 3.33. The average Bonchev–Trinajstić information content (AvgIpc) is 2.61. The minimum atomic E-state index is -0.215. The van der Waals surface area contributed by atoms with Crippen LogP contribution in [0.25, 0.3) is 0 Å². The van der Waals surface area contributed by atoms with E-state index in [-0.39, 0.29) is 5.91 Å². The summed E-state index contributed by atoms with van der Waals surface area (Å²) in [6.45, 7) is 0.522. The largest absolute Gasteiger partial charge is 0.496 e. The number of carbonyl (C=O) groups is 1. The number of nitriles is 1. The van der Waals surface area contributed by atoms with Crippen molar-refractivity contribution in [3.63, 3.8) is 0 Å². The summed E-state index contributed by atoms with van der Waals surface area (Å²) in [5, 5.41) is 12.4. The summed E-state index contributed by atoms with van der Waals surface area (Å²) in [5.41, 5.74) is 2.12. The van der Waals surface area contributed by atoms with Crippen molar-refractivity contribution in [3.8, 4) is 11.8 Å². The predicted octanol–water partition coefficient (Wildman–Crippen LogP) is 3.88. The SMILES string of the molecule is COc1ccc(Cl)cc1C(=O)NCCSCc1ccccc1C#N. The highest BCUT2D eigenvalue weighted by molar-refractivity contribution is 7.98. The molecule has 0 aromatic heterocycles. The Morgan fingerprint density at radius 1 is 1.33 bits per heavy atom. The first-order valence-electron chi connectivity index (χ1n) is 7.33. The summed E-state index contributed by atoms with van der Waals surface area (Å²) in [6.07, 6.45) is 0. The molecule has 0 radical (unpaired) electrons. The Morgan fingerprint density at radius 2 is 2.12 bits per heavy atom. The molecule has 2 aromatic rings. The summed E-state index contributed by atoms with van der Waals surface area (Å²) < 4.78 is 5.18. The van der Waals surface area contributed by atoms with E-state index in [0.29, 0.717) is 28.4 Å². The average molecular weight is 361 g/mol. The van der Waals surface area contributed by atoms with Crippen molar-refractivity contribution in [2.75, 3.05) is 19.4 Å². The van der Waals surface area contributed by atoms with Crippen molar-refractivity contribution in [1.82, 2.24) is 5.32 Å². The summed E-state index contributed by atoms with van der Waals surface area (Å²) in [7, 11) is 1.52. The van der Waals surface area contributed by atoms with Crippen molar-refractivity contribution in [1.29, 1.82) is 5.26 Å². The maximum Gasteiger partial charge on any atom is 0.255 e. The molecular weight excluding hydrogens is 344 g/mol. The second-order valence-electron chi connectivity index (χ2n) is 4.92. The molecule has 0 spiro atoms. The molecule has 0 aliphatic rings. The topological polar surface area (TPSA) is 62.1 Å². The lowest BCUT2D eigenvalue weighted by Gasteiger charge is -2.10. The van der Waals surface area contributed by atoms with Gasteiger partial charge in [0.2, 0.25) is 0 Å². The number of hydrogen-bond donors (Lipinski definition) is 1. The van der Waals surface area contributed by atoms with Gasteiger partial charge >= 0.3 is 0 Å². The third-order valence-corrected chi connectivity index (χ3v) is 4.58. The lowest BCUT2D eigenvalue weighted by Crippen LogP contribution is -2.26. The molecule has 24 heavy (non-hydrogen) atoms. The van der Waals surface area contributed by atoms with Gasteiger partial charge in [-0.25, -0.2) is 0 Å². The van der Waals surface area contributed by atoms with Crippen LogP contribution in [0.4, 0.5) is 0 Å². The summed E-state index contributed by atoms with van der Waals surface area (Å²) in [5.74, 6) is 1.76. The van der Waals surface area contributed by atoms with Crippen LogP contribution in [0.1, 0.15) is 21.5 Å². The van der Waals surface area contributed by atoms with Gasteiger partial charge in [0.05, 0.1) is 24.3 Å². The zero-order valence-corrected chi connectivity index (χ0v) is 14.8. The molecule has 2 aromatic carbocycles. The van der Waals surface area contributed by atoms with Crippen molar-refractivity contribution in [3.05, 3.63) is 64.2 Å². The second kappa shape index (κ2) is 9.21. The van der Waals surface area contributed by atoms with Gasteiger partial charge in [0.1, 0.15) is 5.75 Å². The van der Waals surface area contributed by atoms with Gasteiger partial charge in [-0.3, -0.25) is 4.79 Å². The van der Waals surface area contributed by atoms with Gasteiger partial charge in [-0.1, -0.05) is 29.8 Å². The maximum atomic E-state index is 12.2. The molecule has 1 amide bonds. The van der Waals surface area contributed by atoms with Gasteiger partial charge in [-0.2, -0.15) is 17.0 Å². The zero-order chi connectivity index (χ0) is 17.4. The molecule has 0 heterocycles. The molecule has 124 valence electrons. The Bertz CT molecular complexity index is 759. The second-order valence-corrected chi connectivity index (χ2v) is 6.46. The van der Waals surface area contributed by atoms with E-state index in [4.69, 9.17) is 21.6 Å². The Kier molecular flexibility index (Phi) is 6.98. The van der Waals surface area contributed by atoms with E-state index in [1.165, 1.54) is 7.11 Å². The number of methoxy groups -OCH3 is 1. The Hall–Kier alpha value is -2.16. The number of amides is 1. The van der Waals surface area contributed by atoms with Crippen molar-refractivity contribution >= 4 is 29.3 Å². The van der Waals surface area contributed by atoms with Gasteiger partial charge in [-0.15, -0.1) is 0 Å². The first kappa shape index (κ1) is 18.2. The van der Waals surface area contributed by atoms with E-state index < -0.39 is 0 Å². The van der Waals surface area contributed by atoms with Gasteiger partial charge in [0, 0.05) is 23.1 Å². The molecule has 0 saturated heterocycles. The Labute approximate surface area is 150 Å². The van der Waals surface area contributed by atoms with E-state index >= 15 is 0 Å². The number of ether oxygens (including phenoxy) is 1. The number of carbonyl (C=O) groups excluding carboxylic acids is 1. The van der Waals surface area contributed by atoms with Crippen LogP contribution in [0, 0.1) is 11.3 Å². The van der Waals surface area contributed by atoms with Crippen molar-refractivity contribution in [2.45, 2.75) is 5.75 Å². The van der Waals surface area contributed by atoms with Gasteiger partial charge < -0.3 is 10.1 Å². The zero-order valence-electron chi connectivity index (χ0n) is 13.2. The number of rotatable bonds is 7. The number of thioether (sulfide) groups is 1. The number of halogens is 1. The third kappa shape index (κ3) is 4.92. The Morgan fingerprint density at radius 3 is 2.88 bits per heavy atom. The van der Waals surface area contributed by atoms with E-state index in [1.54, 1.807) is 30.0 Å². The highest BCUT2D eigenvalue weighted by Crippen LogP contribution is 2.22. The molecule has 0 unspecified atom stereocenters. The first-order valence-corrected chi connectivity index (χ1v) is 8.86. The fourth-order valence-electron chi connectivity index (χ4n) is 2.13. The van der Waals surface area contributed by atoms with Crippen LogP contribution in [0.3, 0.4) is 0 Å². The minimum absolute atomic E-state index is 0.215. The summed E-state index contributed by atoms with van der Waals surface area (Å²) in [4.78, 5) is 12.2. The van der Waals surface area contributed by atoms with Crippen LogP contribution in [-0.4, -0.2) is 25.3 Å². The van der Waals surface area contributed by atoms with Crippen molar-refractivity contribution in [2.24, 2.45) is 0 Å². The quantitative estimate of drug-likeness (QED) is 0.761. The molecule has 0 saturated carbocycles. The smallest absolute Gasteiger partial charge is 0.255 e.